The van der Waals surface area contributed by atoms with Gasteiger partial charge in [0, 0.05) is 50.1 Å². The number of unbranched alkanes of at least 4 members (excludes halogenated alkanes) is 1. The van der Waals surface area contributed by atoms with Crippen LogP contribution in [0.15, 0.2) is 72.8 Å². The molecule has 2 atom stereocenters. The first-order valence-corrected chi connectivity index (χ1v) is 23.8. The molecule has 4 aromatic rings. The zero-order valence-corrected chi connectivity index (χ0v) is 34.1. The lowest BCUT2D eigenvalue weighted by atomic mass is 9.95. The van der Waals surface area contributed by atoms with Crippen molar-refractivity contribution in [3.8, 4) is 28.2 Å². The van der Waals surface area contributed by atoms with Crippen LogP contribution in [0.1, 0.15) is 49.7 Å². The van der Waals surface area contributed by atoms with Crippen molar-refractivity contribution in [3.63, 3.8) is 0 Å². The Hall–Kier alpha value is -4.04. The standard InChI is InChI=1S/C40H54N8O7P2/c49-37(13-5-6-14-38(50)51)47-27-32-9-1-2-10-34(32)39-40(35-11-3-4-12-36(35)47)48(45-44-39)33-17-15-31(16-18-33)28-56(52,53)30-57(54,55)29-46-25-8-21-42-23-22-41-19-7-20-43-24-26-46/h1-4,9-12,15-18,41-43H,5-8,13-14,19-30H2,(H,50,51)(H,52,53)(H,54,55). The third-order valence-electron chi connectivity index (χ3n) is 10.1. The van der Waals surface area contributed by atoms with E-state index < -0.39 is 26.6 Å². The number of carbonyl (C=O) groups is 2. The molecular formula is C40H54N8O7P2. The fourth-order valence-electron chi connectivity index (χ4n) is 7.44. The number of amides is 1. The van der Waals surface area contributed by atoms with Crippen molar-refractivity contribution < 1.29 is 33.6 Å². The highest BCUT2D eigenvalue weighted by atomic mass is 31.2. The van der Waals surface area contributed by atoms with Crippen molar-refractivity contribution in [3.05, 3.63) is 83.9 Å². The van der Waals surface area contributed by atoms with E-state index >= 15 is 0 Å². The first kappa shape index (κ1) is 42.6. The zero-order valence-electron chi connectivity index (χ0n) is 32.3. The summed E-state index contributed by atoms with van der Waals surface area (Å²) in [6.45, 7) is 6.43. The molecule has 3 aromatic carbocycles. The first-order valence-electron chi connectivity index (χ1n) is 19.7. The minimum atomic E-state index is -4.05. The molecule has 0 saturated carbocycles. The minimum Gasteiger partial charge on any atom is -0.481 e. The summed E-state index contributed by atoms with van der Waals surface area (Å²) in [4.78, 5) is 50.6. The van der Waals surface area contributed by atoms with Crippen LogP contribution in [-0.2, 0) is 31.4 Å². The molecule has 2 unspecified atom stereocenters. The van der Waals surface area contributed by atoms with E-state index in [2.05, 4.69) is 26.3 Å². The van der Waals surface area contributed by atoms with E-state index in [0.717, 1.165) is 62.3 Å². The number of carboxylic acid groups (broad SMARTS) is 1. The highest BCUT2D eigenvalue weighted by Gasteiger charge is 2.33. The van der Waals surface area contributed by atoms with Crippen LogP contribution in [0.2, 0.25) is 0 Å². The fourth-order valence-corrected chi connectivity index (χ4v) is 12.6. The molecule has 0 radical (unpaired) electrons. The number of para-hydroxylation sites is 1. The Bertz CT molecular complexity index is 2060. The Kier molecular flexibility index (Phi) is 15.0. The van der Waals surface area contributed by atoms with Gasteiger partial charge in [0.1, 0.15) is 17.3 Å². The van der Waals surface area contributed by atoms with Crippen LogP contribution in [0, 0.1) is 0 Å². The van der Waals surface area contributed by atoms with Crippen molar-refractivity contribution >= 4 is 32.3 Å². The molecule has 6 rings (SSSR count). The van der Waals surface area contributed by atoms with Crippen LogP contribution in [0.25, 0.3) is 28.2 Å². The molecule has 2 aliphatic heterocycles. The van der Waals surface area contributed by atoms with Gasteiger partial charge in [0.05, 0.1) is 30.4 Å². The van der Waals surface area contributed by atoms with Gasteiger partial charge in [0.25, 0.3) is 0 Å². The van der Waals surface area contributed by atoms with E-state index in [1.807, 2.05) is 53.4 Å². The normalized spacial score (nSPS) is 18.0. The summed E-state index contributed by atoms with van der Waals surface area (Å²) in [6, 6.07) is 22.3. The number of benzene rings is 3. The summed E-state index contributed by atoms with van der Waals surface area (Å²) in [5, 5.41) is 28.4. The molecule has 2 aliphatic rings. The van der Waals surface area contributed by atoms with Crippen LogP contribution >= 0.6 is 14.7 Å². The Balaban J connectivity index is 1.19. The van der Waals surface area contributed by atoms with Gasteiger partial charge in [-0.05, 0) is 81.2 Å². The number of carboxylic acids is 1. The predicted molar refractivity (Wildman–Crippen MR) is 222 cm³/mol. The van der Waals surface area contributed by atoms with E-state index in [1.165, 1.54) is 0 Å². The average Bonchev–Trinajstić information content (AvgIpc) is 3.60. The van der Waals surface area contributed by atoms with Crippen molar-refractivity contribution in [1.29, 1.82) is 0 Å². The lowest BCUT2D eigenvalue weighted by Gasteiger charge is -2.29. The number of anilines is 1. The van der Waals surface area contributed by atoms with Crippen LogP contribution in [0.5, 0.6) is 0 Å². The summed E-state index contributed by atoms with van der Waals surface area (Å²) < 4.78 is 28.7. The number of aliphatic carboxylic acids is 1. The summed E-state index contributed by atoms with van der Waals surface area (Å²) in [7, 11) is -8.04. The van der Waals surface area contributed by atoms with E-state index in [0.29, 0.717) is 67.3 Å². The number of fused-ring (bicyclic) bond motifs is 5. The largest absolute Gasteiger partial charge is 0.481 e. The fraction of sp³-hybridized carbons (Fsp3) is 0.450. The molecule has 1 aromatic heterocycles. The first-order chi connectivity index (χ1) is 27.5. The molecule has 0 bridgehead atoms. The molecule has 1 fully saturated rings. The SMILES string of the molecule is O=C(O)CCCCC(=O)N1Cc2ccccc2-c2nnn(-c3ccc(CP(=O)(O)CP(=O)(O)CN4CCCNCCNCCCNCC4)cc3)c2-c2ccccc21. The van der Waals surface area contributed by atoms with E-state index in [4.69, 9.17) is 5.11 Å². The van der Waals surface area contributed by atoms with Gasteiger partial charge in [-0.15, -0.1) is 5.10 Å². The van der Waals surface area contributed by atoms with Gasteiger partial charge in [0.2, 0.25) is 20.6 Å². The molecule has 0 spiro atoms. The number of hydrogen-bond acceptors (Lipinski definition) is 10. The van der Waals surface area contributed by atoms with Crippen LogP contribution < -0.4 is 20.9 Å². The van der Waals surface area contributed by atoms with Crippen molar-refractivity contribution in [1.82, 2.24) is 35.8 Å². The molecular weight excluding hydrogens is 766 g/mol. The summed E-state index contributed by atoms with van der Waals surface area (Å²) in [5.74, 6) is -1.68. The zero-order chi connectivity index (χ0) is 40.3. The number of aromatic nitrogens is 3. The molecule has 17 heteroatoms. The van der Waals surface area contributed by atoms with Gasteiger partial charge >= 0.3 is 5.97 Å². The second-order valence-corrected chi connectivity index (χ2v) is 19.9. The molecule has 306 valence electrons. The van der Waals surface area contributed by atoms with E-state index in [1.54, 1.807) is 33.8 Å². The topological polar surface area (TPSA) is 202 Å². The van der Waals surface area contributed by atoms with Crippen molar-refractivity contribution in [2.75, 3.05) is 69.4 Å². The summed E-state index contributed by atoms with van der Waals surface area (Å²) in [6.07, 6.45) is 2.43. The third-order valence-corrected chi connectivity index (χ3v) is 15.4. The molecule has 0 aliphatic carbocycles. The Morgan fingerprint density at radius 3 is 2.16 bits per heavy atom. The lowest BCUT2D eigenvalue weighted by Crippen LogP contribution is -2.37. The van der Waals surface area contributed by atoms with Gasteiger partial charge < -0.3 is 35.7 Å². The minimum absolute atomic E-state index is 0.00546. The van der Waals surface area contributed by atoms with Gasteiger partial charge in [-0.25, -0.2) is 4.68 Å². The average molecular weight is 821 g/mol. The number of hydrogen-bond donors (Lipinski definition) is 6. The molecule has 57 heavy (non-hydrogen) atoms. The van der Waals surface area contributed by atoms with Crippen LogP contribution in [-0.4, -0.2) is 111 Å². The molecule has 3 heterocycles. The predicted octanol–water partition coefficient (Wildman–Crippen LogP) is 4.91. The van der Waals surface area contributed by atoms with Crippen molar-refractivity contribution in [2.24, 2.45) is 0 Å². The highest BCUT2D eigenvalue weighted by molar-refractivity contribution is 7.74. The monoisotopic (exact) mass is 820 g/mol. The molecule has 1 amide bonds. The number of nitrogens with zero attached hydrogens (tertiary/aromatic N) is 5. The third kappa shape index (κ3) is 12.0. The van der Waals surface area contributed by atoms with Gasteiger partial charge in [-0.1, -0.05) is 59.8 Å². The van der Waals surface area contributed by atoms with Crippen LogP contribution in [0.4, 0.5) is 5.69 Å². The molecule has 15 nitrogen and oxygen atoms in total. The molecule has 6 N–H and O–H groups in total. The Morgan fingerprint density at radius 1 is 0.737 bits per heavy atom. The second kappa shape index (κ2) is 20.1. The van der Waals surface area contributed by atoms with E-state index in [9.17, 15) is 28.5 Å². The van der Waals surface area contributed by atoms with Crippen LogP contribution in [0.3, 0.4) is 0 Å². The maximum absolute atomic E-state index is 13.8. The quantitative estimate of drug-likeness (QED) is 0.0833. The molecule has 1 saturated heterocycles. The Morgan fingerprint density at radius 2 is 1.40 bits per heavy atom. The maximum atomic E-state index is 13.8. The number of carbonyl (C=O) groups excluding carboxylic acids is 1. The summed E-state index contributed by atoms with van der Waals surface area (Å²) >= 11 is 0. The smallest absolute Gasteiger partial charge is 0.303 e. The van der Waals surface area contributed by atoms with E-state index in [-0.39, 0.29) is 31.2 Å². The Labute approximate surface area is 333 Å². The van der Waals surface area contributed by atoms with Gasteiger partial charge in [0.15, 0.2) is 0 Å². The highest BCUT2D eigenvalue weighted by Crippen LogP contribution is 2.59. The van der Waals surface area contributed by atoms with Crippen molar-refractivity contribution in [2.45, 2.75) is 51.2 Å². The number of nitrogens with one attached hydrogen (secondary N) is 3. The summed E-state index contributed by atoms with van der Waals surface area (Å²) in [5.41, 5.74) is 5.61. The second-order valence-electron chi connectivity index (χ2n) is 14.8. The van der Waals surface area contributed by atoms with Gasteiger partial charge in [-0.3, -0.25) is 23.6 Å². The number of rotatable bonds is 12. The maximum Gasteiger partial charge on any atom is 0.303 e. The van der Waals surface area contributed by atoms with Gasteiger partial charge in [-0.2, -0.15) is 0 Å². The lowest BCUT2D eigenvalue weighted by molar-refractivity contribution is -0.137.